The molecule has 4 nitrogen and oxygen atoms in total. The van der Waals surface area contributed by atoms with E-state index in [1.165, 1.54) is 11.8 Å². The van der Waals surface area contributed by atoms with E-state index in [1.807, 2.05) is 13.8 Å². The fraction of sp³-hybridized carbons (Fsp3) is 0.500. The Bertz CT molecular complexity index is 529. The third-order valence-corrected chi connectivity index (χ3v) is 4.69. The van der Waals surface area contributed by atoms with Gasteiger partial charge in [-0.1, -0.05) is 37.2 Å². The number of pyridine rings is 1. The number of nitrogens with one attached hydrogen (secondary N) is 1. The number of halogens is 1. The Kier molecular flexibility index (Phi) is 5.85. The molecule has 2 atom stereocenters. The van der Waals surface area contributed by atoms with Gasteiger partial charge in [-0.15, -0.1) is 0 Å². The number of nitrogens with zero attached hydrogens (tertiary/aromatic N) is 2. The van der Waals surface area contributed by atoms with Crippen molar-refractivity contribution in [3.05, 3.63) is 23.4 Å². The molecule has 0 aromatic carbocycles. The lowest BCUT2D eigenvalue weighted by Gasteiger charge is -2.28. The van der Waals surface area contributed by atoms with Crippen LogP contribution in [0.25, 0.3) is 0 Å². The second kappa shape index (κ2) is 6.96. The van der Waals surface area contributed by atoms with Crippen molar-refractivity contribution in [1.82, 2.24) is 10.3 Å². The first kappa shape index (κ1) is 16.8. The Morgan fingerprint density at radius 3 is 2.70 bits per heavy atom. The van der Waals surface area contributed by atoms with Crippen LogP contribution in [-0.2, 0) is 4.79 Å². The molecule has 1 aromatic heterocycles. The topological polar surface area (TPSA) is 65.8 Å². The van der Waals surface area contributed by atoms with E-state index < -0.39 is 5.54 Å². The minimum atomic E-state index is -0.875. The minimum absolute atomic E-state index is 0.0205. The van der Waals surface area contributed by atoms with Gasteiger partial charge >= 0.3 is 0 Å². The van der Waals surface area contributed by atoms with Crippen molar-refractivity contribution < 1.29 is 4.79 Å². The largest absolute Gasteiger partial charge is 0.337 e. The van der Waals surface area contributed by atoms with E-state index >= 15 is 0 Å². The Morgan fingerprint density at radius 1 is 1.55 bits per heavy atom. The average Bonchev–Trinajstić information content (AvgIpc) is 2.40. The van der Waals surface area contributed by atoms with Gasteiger partial charge in [0.2, 0.25) is 5.91 Å². The van der Waals surface area contributed by atoms with E-state index in [4.69, 9.17) is 11.6 Å². The lowest BCUT2D eigenvalue weighted by molar-refractivity contribution is -0.121. The van der Waals surface area contributed by atoms with Crippen LogP contribution in [0.2, 0.25) is 5.02 Å². The van der Waals surface area contributed by atoms with Gasteiger partial charge in [0.25, 0.3) is 0 Å². The highest BCUT2D eigenvalue weighted by molar-refractivity contribution is 8.00. The van der Waals surface area contributed by atoms with Gasteiger partial charge in [-0.2, -0.15) is 5.26 Å². The van der Waals surface area contributed by atoms with Crippen molar-refractivity contribution in [3.8, 4) is 6.07 Å². The molecule has 1 aromatic rings. The molecule has 0 aliphatic carbocycles. The molecule has 20 heavy (non-hydrogen) atoms. The molecule has 0 saturated heterocycles. The summed E-state index contributed by atoms with van der Waals surface area (Å²) in [6.45, 7) is 7.29. The number of amides is 1. The molecule has 0 saturated carbocycles. The van der Waals surface area contributed by atoms with Gasteiger partial charge in [-0.25, -0.2) is 4.98 Å². The Labute approximate surface area is 128 Å². The zero-order chi connectivity index (χ0) is 15.3. The normalized spacial score (nSPS) is 15.2. The van der Waals surface area contributed by atoms with Gasteiger partial charge < -0.3 is 5.32 Å². The van der Waals surface area contributed by atoms with Crippen LogP contribution >= 0.6 is 23.4 Å². The molecule has 108 valence electrons. The molecular formula is C14H18ClN3OS. The Morgan fingerprint density at radius 2 is 2.20 bits per heavy atom. The summed E-state index contributed by atoms with van der Waals surface area (Å²) in [6.07, 6.45) is 1.63. The van der Waals surface area contributed by atoms with Crippen LogP contribution in [0.4, 0.5) is 0 Å². The predicted octanol–water partition coefficient (Wildman–Crippen LogP) is 3.27. The second-order valence-electron chi connectivity index (χ2n) is 5.01. The molecule has 0 fully saturated rings. The summed E-state index contributed by atoms with van der Waals surface area (Å²) >= 11 is 7.29. The number of hydrogen-bond acceptors (Lipinski definition) is 4. The molecule has 1 N–H and O–H groups in total. The summed E-state index contributed by atoms with van der Waals surface area (Å²) in [5.74, 6) is -0.179. The van der Waals surface area contributed by atoms with Crippen molar-refractivity contribution in [1.29, 1.82) is 5.26 Å². The summed E-state index contributed by atoms with van der Waals surface area (Å²) in [5.41, 5.74) is -0.875. The van der Waals surface area contributed by atoms with E-state index in [0.29, 0.717) is 10.0 Å². The minimum Gasteiger partial charge on any atom is -0.337 e. The zero-order valence-electron chi connectivity index (χ0n) is 12.0. The van der Waals surface area contributed by atoms with Crippen molar-refractivity contribution >= 4 is 29.3 Å². The maximum atomic E-state index is 12.2. The highest BCUT2D eigenvalue weighted by Crippen LogP contribution is 2.28. The first-order valence-corrected chi connectivity index (χ1v) is 7.56. The zero-order valence-corrected chi connectivity index (χ0v) is 13.5. The molecule has 1 amide bonds. The van der Waals surface area contributed by atoms with Gasteiger partial charge in [-0.3, -0.25) is 4.79 Å². The van der Waals surface area contributed by atoms with Gasteiger partial charge in [0.15, 0.2) is 0 Å². The van der Waals surface area contributed by atoms with Crippen LogP contribution in [-0.4, -0.2) is 21.7 Å². The monoisotopic (exact) mass is 311 g/mol. The fourth-order valence-corrected chi connectivity index (χ4v) is 2.40. The molecule has 1 heterocycles. The third kappa shape index (κ3) is 4.12. The van der Waals surface area contributed by atoms with E-state index in [0.717, 1.165) is 0 Å². The Balaban J connectivity index is 2.74. The number of aromatic nitrogens is 1. The second-order valence-corrected chi connectivity index (χ2v) is 6.75. The summed E-state index contributed by atoms with van der Waals surface area (Å²) in [5, 5.41) is 12.8. The van der Waals surface area contributed by atoms with Gasteiger partial charge in [0.05, 0.1) is 16.3 Å². The highest BCUT2D eigenvalue weighted by Gasteiger charge is 2.32. The quantitative estimate of drug-likeness (QED) is 0.848. The maximum absolute atomic E-state index is 12.2. The van der Waals surface area contributed by atoms with Crippen LogP contribution in [0.15, 0.2) is 23.4 Å². The molecule has 0 aliphatic heterocycles. The maximum Gasteiger partial charge on any atom is 0.234 e. The number of rotatable bonds is 5. The van der Waals surface area contributed by atoms with Crippen molar-refractivity contribution in [2.75, 3.05) is 0 Å². The molecule has 1 rings (SSSR count). The molecular weight excluding hydrogens is 294 g/mol. The summed E-state index contributed by atoms with van der Waals surface area (Å²) in [7, 11) is 0. The van der Waals surface area contributed by atoms with Crippen LogP contribution in [0.1, 0.15) is 27.7 Å². The van der Waals surface area contributed by atoms with E-state index in [2.05, 4.69) is 16.4 Å². The first-order valence-electron chi connectivity index (χ1n) is 6.30. The summed E-state index contributed by atoms with van der Waals surface area (Å²) < 4.78 is 0. The number of hydrogen-bond donors (Lipinski definition) is 1. The average molecular weight is 312 g/mol. The molecule has 0 bridgehead atoms. The highest BCUT2D eigenvalue weighted by atomic mass is 35.5. The van der Waals surface area contributed by atoms with Crippen LogP contribution in [0.5, 0.6) is 0 Å². The smallest absolute Gasteiger partial charge is 0.234 e. The molecule has 6 heteroatoms. The van der Waals surface area contributed by atoms with Gasteiger partial charge in [0, 0.05) is 6.20 Å². The lowest BCUT2D eigenvalue weighted by atomic mass is 9.90. The standard InChI is InChI=1S/C14H18ClN3OS/c1-9(2)14(4,8-16)18-12(19)10(3)20-13-11(15)6-5-7-17-13/h5-7,9-10H,1-4H3,(H,18,19)/t10-,14+/m0/s1. The SMILES string of the molecule is CC(C)[C@@](C)(C#N)NC(=O)[C@H](C)Sc1ncccc1Cl. The van der Waals surface area contributed by atoms with Crippen molar-refractivity contribution in [2.45, 2.75) is 43.5 Å². The van der Waals surface area contributed by atoms with Crippen LogP contribution in [0, 0.1) is 17.2 Å². The molecule has 0 spiro atoms. The number of carbonyl (C=O) groups excluding carboxylic acids is 1. The lowest BCUT2D eigenvalue weighted by Crippen LogP contribution is -2.51. The number of carbonyl (C=O) groups is 1. The van der Waals surface area contributed by atoms with Crippen molar-refractivity contribution in [3.63, 3.8) is 0 Å². The van der Waals surface area contributed by atoms with E-state index in [-0.39, 0.29) is 17.1 Å². The predicted molar refractivity (Wildman–Crippen MR) is 81.6 cm³/mol. The van der Waals surface area contributed by atoms with Crippen LogP contribution in [0.3, 0.4) is 0 Å². The summed E-state index contributed by atoms with van der Waals surface area (Å²) in [4.78, 5) is 16.3. The number of nitriles is 1. The van der Waals surface area contributed by atoms with Gasteiger partial charge in [0.1, 0.15) is 10.6 Å². The van der Waals surface area contributed by atoms with Crippen molar-refractivity contribution in [2.24, 2.45) is 5.92 Å². The van der Waals surface area contributed by atoms with Crippen LogP contribution < -0.4 is 5.32 Å². The van der Waals surface area contributed by atoms with Gasteiger partial charge in [-0.05, 0) is 31.9 Å². The van der Waals surface area contributed by atoms with E-state index in [1.54, 1.807) is 32.2 Å². The summed E-state index contributed by atoms with van der Waals surface area (Å²) in [6, 6.07) is 5.63. The Hall–Kier alpha value is -1.25. The molecule has 0 aliphatic rings. The third-order valence-electron chi connectivity index (χ3n) is 3.15. The van der Waals surface area contributed by atoms with E-state index in [9.17, 15) is 10.1 Å². The molecule has 0 radical (unpaired) electrons. The first-order chi connectivity index (χ1) is 9.30. The fourth-order valence-electron chi connectivity index (χ4n) is 1.34. The number of thioether (sulfide) groups is 1. The molecule has 0 unspecified atom stereocenters.